The van der Waals surface area contributed by atoms with Gasteiger partial charge in [0.15, 0.2) is 5.84 Å². The fourth-order valence-corrected chi connectivity index (χ4v) is 1.45. The van der Waals surface area contributed by atoms with Crippen molar-refractivity contribution in [2.45, 2.75) is 12.3 Å². The van der Waals surface area contributed by atoms with E-state index in [9.17, 15) is 8.78 Å². The summed E-state index contributed by atoms with van der Waals surface area (Å²) in [6.45, 7) is 0. The van der Waals surface area contributed by atoms with E-state index in [0.717, 1.165) is 4.47 Å². The monoisotopic (exact) mass is 262 g/mol. The molecule has 0 radical (unpaired) electrons. The Bertz CT molecular complexity index is 352. The number of amidine groups is 1. The number of alkyl halides is 2. The summed E-state index contributed by atoms with van der Waals surface area (Å²) in [6, 6.07) is 6.56. The van der Waals surface area contributed by atoms with Crippen molar-refractivity contribution in [2.24, 2.45) is 5.73 Å². The number of halogens is 3. The summed E-state index contributed by atoms with van der Waals surface area (Å²) in [7, 11) is 0. The van der Waals surface area contributed by atoms with Crippen LogP contribution in [0.25, 0.3) is 0 Å². The van der Waals surface area contributed by atoms with Crippen LogP contribution < -0.4 is 5.73 Å². The third-order valence-electron chi connectivity index (χ3n) is 1.71. The summed E-state index contributed by atoms with van der Waals surface area (Å²) >= 11 is 3.18. The molecule has 0 amide bonds. The van der Waals surface area contributed by atoms with Gasteiger partial charge in [-0.3, -0.25) is 5.41 Å². The molecule has 0 aliphatic carbocycles. The summed E-state index contributed by atoms with van der Waals surface area (Å²) in [5, 5.41) is 6.72. The second-order valence-electron chi connectivity index (χ2n) is 2.92. The van der Waals surface area contributed by atoms with Gasteiger partial charge in [-0.2, -0.15) is 8.78 Å². The number of rotatable bonds is 3. The minimum absolute atomic E-state index is 0.444. The minimum Gasteiger partial charge on any atom is -0.383 e. The van der Waals surface area contributed by atoms with Crippen LogP contribution >= 0.6 is 15.9 Å². The highest BCUT2D eigenvalue weighted by Gasteiger charge is 2.33. The van der Waals surface area contributed by atoms with E-state index in [4.69, 9.17) is 11.1 Å². The van der Waals surface area contributed by atoms with Gasteiger partial charge >= 0.3 is 5.92 Å². The van der Waals surface area contributed by atoms with Crippen LogP contribution in [0.5, 0.6) is 0 Å². The van der Waals surface area contributed by atoms with E-state index in [1.807, 2.05) is 0 Å². The summed E-state index contributed by atoms with van der Waals surface area (Å²) in [5.41, 5.74) is 5.22. The average molecular weight is 263 g/mol. The molecule has 76 valence electrons. The summed E-state index contributed by atoms with van der Waals surface area (Å²) < 4.78 is 26.7. The largest absolute Gasteiger partial charge is 0.383 e. The molecule has 0 saturated heterocycles. The Morgan fingerprint density at radius 1 is 1.50 bits per heavy atom. The van der Waals surface area contributed by atoms with Crippen LogP contribution in [0.15, 0.2) is 28.7 Å². The van der Waals surface area contributed by atoms with E-state index in [0.29, 0.717) is 5.56 Å². The SMILES string of the molecule is N=C(N)C(F)(F)Cc1cccc(Br)c1. The van der Waals surface area contributed by atoms with Gasteiger partial charge in [-0.25, -0.2) is 0 Å². The molecule has 0 heterocycles. The predicted octanol–water partition coefficient (Wildman–Crippen LogP) is 2.56. The Morgan fingerprint density at radius 2 is 2.14 bits per heavy atom. The molecule has 14 heavy (non-hydrogen) atoms. The van der Waals surface area contributed by atoms with E-state index in [1.165, 1.54) is 0 Å². The van der Waals surface area contributed by atoms with Gasteiger partial charge in [-0.05, 0) is 17.7 Å². The molecule has 0 spiro atoms. The average Bonchev–Trinajstić information content (AvgIpc) is 2.02. The summed E-state index contributed by atoms with van der Waals surface area (Å²) in [5.74, 6) is -4.36. The number of hydrogen-bond acceptors (Lipinski definition) is 1. The van der Waals surface area contributed by atoms with E-state index < -0.39 is 18.2 Å². The highest BCUT2D eigenvalue weighted by molar-refractivity contribution is 9.10. The highest BCUT2D eigenvalue weighted by Crippen LogP contribution is 2.21. The smallest absolute Gasteiger partial charge is 0.307 e. The fraction of sp³-hybridized carbons (Fsp3) is 0.222. The molecule has 1 aromatic carbocycles. The molecule has 0 aromatic heterocycles. The van der Waals surface area contributed by atoms with Crippen molar-refractivity contribution in [1.82, 2.24) is 0 Å². The molecule has 0 unspecified atom stereocenters. The standard InChI is InChI=1S/C9H9BrF2N2/c10-7-3-1-2-6(4-7)5-9(11,12)8(13)14/h1-4H,5H2,(H3,13,14). The summed E-state index contributed by atoms with van der Waals surface area (Å²) in [4.78, 5) is 0. The Kier molecular flexibility index (Phi) is 3.21. The molecular weight excluding hydrogens is 254 g/mol. The normalized spacial score (nSPS) is 11.4. The Labute approximate surface area is 88.8 Å². The van der Waals surface area contributed by atoms with Crippen molar-refractivity contribution in [3.8, 4) is 0 Å². The van der Waals surface area contributed by atoms with Gasteiger partial charge < -0.3 is 5.73 Å². The lowest BCUT2D eigenvalue weighted by molar-refractivity contribution is 0.0762. The van der Waals surface area contributed by atoms with Gasteiger partial charge in [0.25, 0.3) is 0 Å². The predicted molar refractivity (Wildman–Crippen MR) is 54.7 cm³/mol. The van der Waals surface area contributed by atoms with Crippen molar-refractivity contribution in [3.63, 3.8) is 0 Å². The highest BCUT2D eigenvalue weighted by atomic mass is 79.9. The van der Waals surface area contributed by atoms with Crippen molar-refractivity contribution in [3.05, 3.63) is 34.3 Å². The van der Waals surface area contributed by atoms with Gasteiger partial charge in [-0.1, -0.05) is 28.1 Å². The maximum absolute atomic E-state index is 13.0. The number of nitrogens with two attached hydrogens (primary N) is 1. The lowest BCUT2D eigenvalue weighted by Crippen LogP contribution is -2.36. The fourth-order valence-electron chi connectivity index (χ4n) is 0.999. The third-order valence-corrected chi connectivity index (χ3v) is 2.20. The van der Waals surface area contributed by atoms with Gasteiger partial charge in [-0.15, -0.1) is 0 Å². The first-order chi connectivity index (χ1) is 6.42. The number of hydrogen-bond donors (Lipinski definition) is 2. The molecule has 0 aliphatic rings. The molecule has 0 fully saturated rings. The maximum atomic E-state index is 13.0. The van der Waals surface area contributed by atoms with Crippen LogP contribution in [0.2, 0.25) is 0 Å². The maximum Gasteiger partial charge on any atom is 0.307 e. The number of benzene rings is 1. The van der Waals surface area contributed by atoms with Crippen LogP contribution in [0, 0.1) is 5.41 Å². The van der Waals surface area contributed by atoms with Crippen LogP contribution in [0.3, 0.4) is 0 Å². The molecule has 0 aliphatic heterocycles. The van der Waals surface area contributed by atoms with E-state index >= 15 is 0 Å². The van der Waals surface area contributed by atoms with Crippen LogP contribution in [-0.4, -0.2) is 11.8 Å². The molecule has 0 atom stereocenters. The van der Waals surface area contributed by atoms with E-state index in [1.54, 1.807) is 24.3 Å². The van der Waals surface area contributed by atoms with Gasteiger partial charge in [0.05, 0.1) is 0 Å². The lowest BCUT2D eigenvalue weighted by Gasteiger charge is -2.14. The topological polar surface area (TPSA) is 49.9 Å². The van der Waals surface area contributed by atoms with Crippen molar-refractivity contribution in [1.29, 1.82) is 5.41 Å². The Morgan fingerprint density at radius 3 is 2.64 bits per heavy atom. The van der Waals surface area contributed by atoms with Crippen LogP contribution in [0.1, 0.15) is 5.56 Å². The minimum atomic E-state index is -3.26. The molecule has 0 saturated carbocycles. The molecule has 5 heteroatoms. The molecule has 0 bridgehead atoms. The molecule has 2 nitrogen and oxygen atoms in total. The zero-order valence-corrected chi connectivity index (χ0v) is 8.81. The van der Waals surface area contributed by atoms with E-state index in [-0.39, 0.29) is 0 Å². The third kappa shape index (κ3) is 2.77. The molecule has 1 aromatic rings. The second-order valence-corrected chi connectivity index (χ2v) is 3.84. The number of nitrogens with one attached hydrogen (secondary N) is 1. The second kappa shape index (κ2) is 4.04. The summed E-state index contributed by atoms with van der Waals surface area (Å²) in [6.07, 6.45) is -0.540. The van der Waals surface area contributed by atoms with Gasteiger partial charge in [0.1, 0.15) is 0 Å². The Balaban J connectivity index is 2.83. The first-order valence-electron chi connectivity index (χ1n) is 3.88. The zero-order chi connectivity index (χ0) is 10.8. The van der Waals surface area contributed by atoms with Crippen molar-refractivity contribution in [2.75, 3.05) is 0 Å². The first-order valence-corrected chi connectivity index (χ1v) is 4.68. The van der Waals surface area contributed by atoms with Gasteiger partial charge in [0.2, 0.25) is 0 Å². The lowest BCUT2D eigenvalue weighted by atomic mass is 10.1. The quantitative estimate of drug-likeness (QED) is 0.639. The molecule has 3 N–H and O–H groups in total. The Hall–Kier alpha value is -0.970. The van der Waals surface area contributed by atoms with Crippen LogP contribution in [0.4, 0.5) is 8.78 Å². The van der Waals surface area contributed by atoms with Crippen molar-refractivity contribution < 1.29 is 8.78 Å². The molecular formula is C9H9BrF2N2. The zero-order valence-electron chi connectivity index (χ0n) is 7.23. The van der Waals surface area contributed by atoms with Crippen LogP contribution in [-0.2, 0) is 6.42 Å². The first kappa shape index (κ1) is 11.1. The molecule has 1 rings (SSSR count). The van der Waals surface area contributed by atoms with Crippen molar-refractivity contribution >= 4 is 21.8 Å². The van der Waals surface area contributed by atoms with Gasteiger partial charge in [0, 0.05) is 10.9 Å². The van der Waals surface area contributed by atoms with E-state index in [2.05, 4.69) is 15.9 Å².